The number of hydrogen-bond donors (Lipinski definition) is 1. The van der Waals surface area contributed by atoms with Gasteiger partial charge in [-0.1, -0.05) is 29.8 Å². The molecule has 0 aliphatic heterocycles. The minimum absolute atomic E-state index is 0.0606. The average molecular weight is 367 g/mol. The van der Waals surface area contributed by atoms with Crippen LogP contribution in [0, 0.1) is 6.92 Å². The van der Waals surface area contributed by atoms with Crippen LogP contribution >= 0.6 is 11.8 Å². The Morgan fingerprint density at radius 1 is 1.15 bits per heavy atom. The summed E-state index contributed by atoms with van der Waals surface area (Å²) in [6.07, 6.45) is 1.76. The molecule has 0 spiro atoms. The van der Waals surface area contributed by atoms with Crippen LogP contribution in [0.3, 0.4) is 0 Å². The molecule has 26 heavy (non-hydrogen) atoms. The SMILES string of the molecule is Cc1ccc(SCCNC(=O)CCn2cnc3ccccc3c2=O)cc1. The molecule has 0 saturated carbocycles. The molecular formula is C20H21N3O2S. The monoisotopic (exact) mass is 367 g/mol. The largest absolute Gasteiger partial charge is 0.355 e. The number of nitrogens with one attached hydrogen (secondary N) is 1. The maximum absolute atomic E-state index is 12.4. The number of hydrogen-bond acceptors (Lipinski definition) is 4. The molecule has 0 aliphatic rings. The van der Waals surface area contributed by atoms with Gasteiger partial charge in [0.2, 0.25) is 5.91 Å². The quantitative estimate of drug-likeness (QED) is 0.515. The van der Waals surface area contributed by atoms with Gasteiger partial charge in [-0.05, 0) is 31.2 Å². The Morgan fingerprint density at radius 3 is 2.73 bits per heavy atom. The van der Waals surface area contributed by atoms with E-state index in [9.17, 15) is 9.59 Å². The van der Waals surface area contributed by atoms with Crippen molar-refractivity contribution < 1.29 is 4.79 Å². The van der Waals surface area contributed by atoms with Crippen molar-refractivity contribution in [2.24, 2.45) is 0 Å². The molecule has 3 rings (SSSR count). The summed E-state index contributed by atoms with van der Waals surface area (Å²) in [6, 6.07) is 15.5. The molecule has 0 aliphatic carbocycles. The molecule has 2 aromatic carbocycles. The minimum atomic E-state index is -0.113. The second-order valence-electron chi connectivity index (χ2n) is 6.02. The van der Waals surface area contributed by atoms with E-state index in [0.29, 0.717) is 24.0 Å². The number of amides is 1. The average Bonchev–Trinajstić information content (AvgIpc) is 2.66. The number of fused-ring (bicyclic) bond motifs is 1. The van der Waals surface area contributed by atoms with E-state index >= 15 is 0 Å². The number of aryl methyl sites for hydroxylation is 2. The summed E-state index contributed by atoms with van der Waals surface area (Å²) >= 11 is 1.71. The molecule has 0 radical (unpaired) electrons. The third kappa shape index (κ3) is 4.73. The predicted octanol–water partition coefficient (Wildman–Crippen LogP) is 3.00. The fourth-order valence-corrected chi connectivity index (χ4v) is 3.34. The first-order valence-electron chi connectivity index (χ1n) is 8.54. The van der Waals surface area contributed by atoms with Gasteiger partial charge in [0.1, 0.15) is 0 Å². The van der Waals surface area contributed by atoms with Crippen LogP contribution in [0.1, 0.15) is 12.0 Å². The van der Waals surface area contributed by atoms with Crippen molar-refractivity contribution in [1.29, 1.82) is 0 Å². The molecule has 6 heteroatoms. The fourth-order valence-electron chi connectivity index (χ4n) is 2.57. The van der Waals surface area contributed by atoms with Gasteiger partial charge in [0, 0.05) is 30.2 Å². The Kier molecular flexibility index (Phi) is 6.07. The Balaban J connectivity index is 1.45. The highest BCUT2D eigenvalue weighted by Crippen LogP contribution is 2.17. The Morgan fingerprint density at radius 2 is 1.92 bits per heavy atom. The minimum Gasteiger partial charge on any atom is -0.355 e. The van der Waals surface area contributed by atoms with E-state index < -0.39 is 0 Å². The van der Waals surface area contributed by atoms with Crippen molar-refractivity contribution in [1.82, 2.24) is 14.9 Å². The maximum Gasteiger partial charge on any atom is 0.261 e. The molecule has 3 aromatic rings. The van der Waals surface area contributed by atoms with Crippen molar-refractivity contribution >= 4 is 28.6 Å². The van der Waals surface area contributed by atoms with E-state index in [2.05, 4.69) is 41.5 Å². The van der Waals surface area contributed by atoms with Crippen molar-refractivity contribution in [2.75, 3.05) is 12.3 Å². The normalized spacial score (nSPS) is 10.8. The zero-order valence-electron chi connectivity index (χ0n) is 14.6. The lowest BCUT2D eigenvalue weighted by Gasteiger charge is -2.08. The van der Waals surface area contributed by atoms with Gasteiger partial charge < -0.3 is 5.32 Å². The van der Waals surface area contributed by atoms with Crippen LogP contribution in [0.2, 0.25) is 0 Å². The van der Waals surface area contributed by atoms with E-state index in [-0.39, 0.29) is 17.9 Å². The van der Waals surface area contributed by atoms with Crippen LogP contribution in [0.4, 0.5) is 0 Å². The van der Waals surface area contributed by atoms with Crippen LogP contribution in [-0.4, -0.2) is 27.8 Å². The van der Waals surface area contributed by atoms with Crippen molar-refractivity contribution in [3.8, 4) is 0 Å². The highest BCUT2D eigenvalue weighted by Gasteiger charge is 2.06. The smallest absolute Gasteiger partial charge is 0.261 e. The van der Waals surface area contributed by atoms with Crippen LogP contribution in [0.25, 0.3) is 10.9 Å². The molecule has 5 nitrogen and oxygen atoms in total. The third-order valence-electron chi connectivity index (χ3n) is 4.03. The number of thioether (sulfide) groups is 1. The number of benzene rings is 2. The number of carbonyl (C=O) groups excluding carboxylic acids is 1. The molecule has 1 heterocycles. The number of rotatable bonds is 7. The van der Waals surface area contributed by atoms with Crippen LogP contribution < -0.4 is 10.9 Å². The van der Waals surface area contributed by atoms with E-state index in [4.69, 9.17) is 0 Å². The summed E-state index contributed by atoms with van der Waals surface area (Å²) in [6.45, 7) is 2.99. The van der Waals surface area contributed by atoms with Gasteiger partial charge in [0.15, 0.2) is 0 Å². The lowest BCUT2D eigenvalue weighted by molar-refractivity contribution is -0.121. The molecule has 1 N–H and O–H groups in total. The molecule has 0 atom stereocenters. The summed E-state index contributed by atoms with van der Waals surface area (Å²) < 4.78 is 1.49. The van der Waals surface area contributed by atoms with Crippen LogP contribution in [0.5, 0.6) is 0 Å². The highest BCUT2D eigenvalue weighted by molar-refractivity contribution is 7.99. The maximum atomic E-state index is 12.4. The van der Waals surface area contributed by atoms with Crippen LogP contribution in [-0.2, 0) is 11.3 Å². The molecular weight excluding hydrogens is 346 g/mol. The first-order valence-corrected chi connectivity index (χ1v) is 9.52. The fraction of sp³-hybridized carbons (Fsp3) is 0.250. The summed E-state index contributed by atoms with van der Waals surface area (Å²) in [5.41, 5.74) is 1.80. The number of carbonyl (C=O) groups is 1. The highest BCUT2D eigenvalue weighted by atomic mass is 32.2. The Hall–Kier alpha value is -2.60. The topological polar surface area (TPSA) is 64.0 Å². The molecule has 0 unspecified atom stereocenters. The second kappa shape index (κ2) is 8.67. The molecule has 1 aromatic heterocycles. The lowest BCUT2D eigenvalue weighted by Crippen LogP contribution is -2.29. The van der Waals surface area contributed by atoms with Gasteiger partial charge >= 0.3 is 0 Å². The van der Waals surface area contributed by atoms with Gasteiger partial charge in [0.05, 0.1) is 17.2 Å². The van der Waals surface area contributed by atoms with Crippen molar-refractivity contribution in [2.45, 2.75) is 24.8 Å². The van der Waals surface area contributed by atoms with E-state index in [0.717, 1.165) is 5.75 Å². The van der Waals surface area contributed by atoms with Gasteiger partial charge in [-0.25, -0.2) is 4.98 Å². The summed E-state index contributed by atoms with van der Waals surface area (Å²) in [7, 11) is 0. The molecule has 134 valence electrons. The van der Waals surface area contributed by atoms with Gasteiger partial charge in [-0.3, -0.25) is 14.2 Å². The lowest BCUT2D eigenvalue weighted by atomic mass is 10.2. The molecule has 0 saturated heterocycles. The summed E-state index contributed by atoms with van der Waals surface area (Å²) in [5.74, 6) is 0.751. The molecule has 1 amide bonds. The van der Waals surface area contributed by atoms with Gasteiger partial charge in [-0.15, -0.1) is 11.8 Å². The van der Waals surface area contributed by atoms with E-state index in [1.54, 1.807) is 23.9 Å². The number of aromatic nitrogens is 2. The first kappa shape index (κ1) is 18.2. The van der Waals surface area contributed by atoms with Crippen molar-refractivity contribution in [3.63, 3.8) is 0 Å². The molecule has 0 fully saturated rings. The summed E-state index contributed by atoms with van der Waals surface area (Å²) in [5, 5.41) is 3.47. The standard InChI is InChI=1S/C20H21N3O2S/c1-15-6-8-16(9-7-15)26-13-11-21-19(24)10-12-23-14-22-18-5-3-2-4-17(18)20(23)25/h2-9,14H,10-13H2,1H3,(H,21,24). The number of para-hydroxylation sites is 1. The number of nitrogens with zero attached hydrogens (tertiary/aromatic N) is 2. The van der Waals surface area contributed by atoms with Crippen LogP contribution in [0.15, 0.2) is 64.5 Å². The Labute approximate surface area is 156 Å². The Bertz CT molecular complexity index is 951. The zero-order chi connectivity index (χ0) is 18.4. The third-order valence-corrected chi connectivity index (χ3v) is 5.04. The van der Waals surface area contributed by atoms with E-state index in [1.807, 2.05) is 12.1 Å². The zero-order valence-corrected chi connectivity index (χ0v) is 15.5. The predicted molar refractivity (Wildman–Crippen MR) is 106 cm³/mol. The second-order valence-corrected chi connectivity index (χ2v) is 7.19. The summed E-state index contributed by atoms with van der Waals surface area (Å²) in [4.78, 5) is 29.8. The first-order chi connectivity index (χ1) is 12.6. The van der Waals surface area contributed by atoms with Crippen molar-refractivity contribution in [3.05, 3.63) is 70.8 Å². The van der Waals surface area contributed by atoms with Gasteiger partial charge in [0.25, 0.3) is 5.56 Å². The van der Waals surface area contributed by atoms with E-state index in [1.165, 1.54) is 21.4 Å². The molecule has 0 bridgehead atoms. The van der Waals surface area contributed by atoms with Gasteiger partial charge in [-0.2, -0.15) is 0 Å².